The van der Waals surface area contributed by atoms with E-state index in [2.05, 4.69) is 76.9 Å². The first kappa shape index (κ1) is 16.9. The van der Waals surface area contributed by atoms with Gasteiger partial charge in [-0.25, -0.2) is 0 Å². The number of aryl methyl sites for hydroxylation is 1. The van der Waals surface area contributed by atoms with Gasteiger partial charge in [0.25, 0.3) is 0 Å². The Kier molecular flexibility index (Phi) is 5.23. The molecule has 0 amide bonds. The molecule has 5 heteroatoms. The van der Waals surface area contributed by atoms with Crippen LogP contribution in [0.4, 0.5) is 17.5 Å². The molecule has 3 rings (SSSR count). The van der Waals surface area contributed by atoms with Gasteiger partial charge in [-0.3, -0.25) is 0 Å². The maximum atomic E-state index is 4.51. The van der Waals surface area contributed by atoms with Crippen molar-refractivity contribution in [1.29, 1.82) is 0 Å². The summed E-state index contributed by atoms with van der Waals surface area (Å²) in [5.74, 6) is 1.60. The molecule has 0 saturated carbocycles. The van der Waals surface area contributed by atoms with E-state index < -0.39 is 0 Å². The molecule has 1 heterocycles. The predicted molar refractivity (Wildman–Crippen MR) is 102 cm³/mol. The molecule has 0 aliphatic carbocycles. The summed E-state index contributed by atoms with van der Waals surface area (Å²) in [6.45, 7) is 7.12. The van der Waals surface area contributed by atoms with E-state index in [1.54, 1.807) is 6.20 Å². The van der Waals surface area contributed by atoms with Gasteiger partial charge in [-0.05, 0) is 30.0 Å². The molecule has 0 spiro atoms. The van der Waals surface area contributed by atoms with Crippen molar-refractivity contribution in [2.24, 2.45) is 0 Å². The number of hydrogen-bond donors (Lipinski definition) is 2. The van der Waals surface area contributed by atoms with E-state index in [-0.39, 0.29) is 0 Å². The summed E-state index contributed by atoms with van der Waals surface area (Å²) in [7, 11) is 0. The van der Waals surface area contributed by atoms with Gasteiger partial charge in [0.05, 0.1) is 6.20 Å². The molecular formula is C20H23N5. The Morgan fingerprint density at radius 1 is 1.04 bits per heavy atom. The molecule has 0 atom stereocenters. The Morgan fingerprint density at radius 3 is 2.68 bits per heavy atom. The third-order valence-corrected chi connectivity index (χ3v) is 3.94. The topological polar surface area (TPSA) is 62.7 Å². The summed E-state index contributed by atoms with van der Waals surface area (Å²) in [6, 6.07) is 16.6. The van der Waals surface area contributed by atoms with Crippen LogP contribution in [0.3, 0.4) is 0 Å². The maximum absolute atomic E-state index is 4.51. The number of nitrogens with one attached hydrogen (secondary N) is 2. The minimum Gasteiger partial charge on any atom is -0.365 e. The van der Waals surface area contributed by atoms with Crippen LogP contribution in [0.5, 0.6) is 0 Å². The second kappa shape index (κ2) is 7.75. The third-order valence-electron chi connectivity index (χ3n) is 3.94. The lowest BCUT2D eigenvalue weighted by atomic mass is 10.0. The zero-order valence-electron chi connectivity index (χ0n) is 14.8. The summed E-state index contributed by atoms with van der Waals surface area (Å²) >= 11 is 0. The van der Waals surface area contributed by atoms with Crippen LogP contribution in [0.15, 0.2) is 54.7 Å². The van der Waals surface area contributed by atoms with Crippen LogP contribution >= 0.6 is 0 Å². The van der Waals surface area contributed by atoms with Crippen molar-refractivity contribution in [2.75, 3.05) is 10.6 Å². The highest BCUT2D eigenvalue weighted by Gasteiger charge is 2.08. The lowest BCUT2D eigenvalue weighted by Crippen LogP contribution is -2.06. The van der Waals surface area contributed by atoms with Gasteiger partial charge in [-0.1, -0.05) is 61.9 Å². The Morgan fingerprint density at radius 2 is 1.88 bits per heavy atom. The van der Waals surface area contributed by atoms with Gasteiger partial charge in [0.1, 0.15) is 0 Å². The quantitative estimate of drug-likeness (QED) is 0.687. The highest BCUT2D eigenvalue weighted by molar-refractivity contribution is 5.59. The van der Waals surface area contributed by atoms with Crippen LogP contribution < -0.4 is 10.6 Å². The molecule has 5 nitrogen and oxygen atoms in total. The van der Waals surface area contributed by atoms with Crippen molar-refractivity contribution in [1.82, 2.24) is 15.2 Å². The average Bonchev–Trinajstić information content (AvgIpc) is 2.61. The zero-order chi connectivity index (χ0) is 17.6. The largest absolute Gasteiger partial charge is 0.365 e. The number of aromatic nitrogens is 3. The molecule has 1 aromatic heterocycles. The van der Waals surface area contributed by atoms with E-state index in [0.717, 1.165) is 5.69 Å². The zero-order valence-corrected chi connectivity index (χ0v) is 14.8. The molecule has 0 aliphatic rings. The number of anilines is 3. The van der Waals surface area contributed by atoms with Crippen molar-refractivity contribution >= 4 is 17.5 Å². The maximum Gasteiger partial charge on any atom is 0.249 e. The Hall–Kier alpha value is -2.95. The molecule has 0 aliphatic heterocycles. The minimum atomic E-state index is 0.416. The fourth-order valence-electron chi connectivity index (χ4n) is 2.69. The fourth-order valence-corrected chi connectivity index (χ4v) is 2.69. The molecule has 0 saturated heterocycles. The van der Waals surface area contributed by atoms with Gasteiger partial charge in [-0.15, -0.1) is 5.10 Å². The van der Waals surface area contributed by atoms with E-state index in [0.29, 0.717) is 24.2 Å². The normalized spacial score (nSPS) is 10.7. The fraction of sp³-hybridized carbons (Fsp3) is 0.250. The van der Waals surface area contributed by atoms with Crippen molar-refractivity contribution < 1.29 is 0 Å². The molecule has 0 fully saturated rings. The smallest absolute Gasteiger partial charge is 0.249 e. The molecule has 3 aromatic rings. The summed E-state index contributed by atoms with van der Waals surface area (Å²) in [4.78, 5) is 4.51. The van der Waals surface area contributed by atoms with Gasteiger partial charge in [0.2, 0.25) is 5.95 Å². The van der Waals surface area contributed by atoms with Crippen LogP contribution in [-0.2, 0) is 6.54 Å². The van der Waals surface area contributed by atoms with Gasteiger partial charge in [0.15, 0.2) is 5.82 Å². The Balaban J connectivity index is 1.72. The summed E-state index contributed by atoms with van der Waals surface area (Å²) in [5, 5.41) is 14.7. The first-order chi connectivity index (χ1) is 12.1. The summed E-state index contributed by atoms with van der Waals surface area (Å²) < 4.78 is 0. The van der Waals surface area contributed by atoms with Crippen LogP contribution in [0.1, 0.15) is 36.5 Å². The van der Waals surface area contributed by atoms with E-state index in [1.165, 1.54) is 16.7 Å². The van der Waals surface area contributed by atoms with Gasteiger partial charge >= 0.3 is 0 Å². The molecule has 2 N–H and O–H groups in total. The SMILES string of the molecule is Cc1cccc(CNc2cnnc(Nc3ccccc3C(C)C)n2)c1. The second-order valence-electron chi connectivity index (χ2n) is 6.37. The van der Waals surface area contributed by atoms with E-state index in [1.807, 2.05) is 18.2 Å². The van der Waals surface area contributed by atoms with Crippen LogP contribution in [0.2, 0.25) is 0 Å². The predicted octanol–water partition coefficient (Wildman–Crippen LogP) is 4.66. The monoisotopic (exact) mass is 333 g/mol. The summed E-state index contributed by atoms with van der Waals surface area (Å²) in [6.07, 6.45) is 1.63. The third kappa shape index (κ3) is 4.53. The van der Waals surface area contributed by atoms with Gasteiger partial charge in [0, 0.05) is 12.2 Å². The standard InChI is InChI=1S/C20H23N5/c1-14(2)17-9-4-5-10-18(17)23-20-24-19(13-22-25-20)21-12-16-8-6-7-15(3)11-16/h4-11,13-14H,12H2,1-3H3,(H2,21,23,24,25). The van der Waals surface area contributed by atoms with Crippen LogP contribution in [0.25, 0.3) is 0 Å². The van der Waals surface area contributed by atoms with Gasteiger partial charge in [-0.2, -0.15) is 10.1 Å². The molecule has 25 heavy (non-hydrogen) atoms. The number of rotatable bonds is 6. The Labute approximate surface area is 148 Å². The van der Waals surface area contributed by atoms with Crippen molar-refractivity contribution in [3.8, 4) is 0 Å². The minimum absolute atomic E-state index is 0.416. The van der Waals surface area contributed by atoms with E-state index in [9.17, 15) is 0 Å². The summed E-state index contributed by atoms with van der Waals surface area (Å²) in [5.41, 5.74) is 4.69. The second-order valence-corrected chi connectivity index (χ2v) is 6.37. The molecule has 0 radical (unpaired) electrons. The number of nitrogens with zero attached hydrogens (tertiary/aromatic N) is 3. The lowest BCUT2D eigenvalue weighted by molar-refractivity contribution is 0.867. The molecular weight excluding hydrogens is 310 g/mol. The molecule has 0 unspecified atom stereocenters. The highest BCUT2D eigenvalue weighted by atomic mass is 15.3. The molecule has 128 valence electrons. The van der Waals surface area contributed by atoms with Crippen LogP contribution in [-0.4, -0.2) is 15.2 Å². The van der Waals surface area contributed by atoms with Crippen LogP contribution in [0, 0.1) is 6.92 Å². The first-order valence-corrected chi connectivity index (χ1v) is 8.47. The van der Waals surface area contributed by atoms with E-state index in [4.69, 9.17) is 0 Å². The number of para-hydroxylation sites is 1. The van der Waals surface area contributed by atoms with Crippen molar-refractivity contribution in [3.05, 3.63) is 71.4 Å². The molecule has 2 aromatic carbocycles. The number of hydrogen-bond acceptors (Lipinski definition) is 5. The van der Waals surface area contributed by atoms with Crippen molar-refractivity contribution in [2.45, 2.75) is 33.2 Å². The average molecular weight is 333 g/mol. The molecule has 0 bridgehead atoms. The first-order valence-electron chi connectivity index (χ1n) is 8.47. The van der Waals surface area contributed by atoms with Gasteiger partial charge < -0.3 is 10.6 Å². The van der Waals surface area contributed by atoms with Crippen molar-refractivity contribution in [3.63, 3.8) is 0 Å². The van der Waals surface area contributed by atoms with E-state index >= 15 is 0 Å². The lowest BCUT2D eigenvalue weighted by Gasteiger charge is -2.13. The Bertz CT molecular complexity index is 845. The number of benzene rings is 2. The highest BCUT2D eigenvalue weighted by Crippen LogP contribution is 2.25.